The zero-order valence-electron chi connectivity index (χ0n) is 17.6. The van der Waals surface area contributed by atoms with Gasteiger partial charge in [0.05, 0.1) is 15.4 Å². The third-order valence-electron chi connectivity index (χ3n) is 5.22. The number of aryl methyl sites for hydroxylation is 1. The molecule has 1 aliphatic heterocycles. The average molecular weight is 477 g/mol. The minimum absolute atomic E-state index is 0.157. The van der Waals surface area contributed by atoms with Crippen molar-refractivity contribution in [2.45, 2.75) is 24.0 Å². The molecule has 3 aromatic rings. The Morgan fingerprint density at radius 2 is 1.72 bits per heavy atom. The number of aromatic nitrogens is 1. The SMILES string of the molecule is Cc1nc(N2CCCCN(c3ccc(-c4cc(F)ccc4F)cc3)C2=O)sc1S(C)(=N)=O. The van der Waals surface area contributed by atoms with Crippen LogP contribution in [0.25, 0.3) is 11.1 Å². The first-order valence-electron chi connectivity index (χ1n) is 10.0. The van der Waals surface area contributed by atoms with Crippen molar-refractivity contribution >= 4 is 37.9 Å². The maximum absolute atomic E-state index is 14.1. The van der Waals surface area contributed by atoms with Crippen LogP contribution < -0.4 is 9.80 Å². The second-order valence-electron chi connectivity index (χ2n) is 7.68. The Morgan fingerprint density at radius 3 is 2.34 bits per heavy atom. The fourth-order valence-electron chi connectivity index (χ4n) is 3.68. The summed E-state index contributed by atoms with van der Waals surface area (Å²) in [6.07, 6.45) is 2.89. The van der Waals surface area contributed by atoms with Gasteiger partial charge in [-0.15, -0.1) is 0 Å². The molecule has 2 amide bonds. The summed E-state index contributed by atoms with van der Waals surface area (Å²) in [6.45, 7) is 2.66. The van der Waals surface area contributed by atoms with E-state index in [1.165, 1.54) is 6.26 Å². The monoisotopic (exact) mass is 476 g/mol. The molecule has 0 spiro atoms. The summed E-state index contributed by atoms with van der Waals surface area (Å²) in [7, 11) is -2.93. The van der Waals surface area contributed by atoms with E-state index in [4.69, 9.17) is 4.78 Å². The van der Waals surface area contributed by atoms with Gasteiger partial charge in [0.25, 0.3) is 0 Å². The van der Waals surface area contributed by atoms with Crippen molar-refractivity contribution in [1.82, 2.24) is 4.98 Å². The van der Waals surface area contributed by atoms with Crippen LogP contribution in [0.4, 0.5) is 24.4 Å². The van der Waals surface area contributed by atoms with E-state index in [1.807, 2.05) is 0 Å². The highest BCUT2D eigenvalue weighted by Crippen LogP contribution is 2.33. The number of amides is 2. The Labute approximate surface area is 189 Å². The molecule has 2 heterocycles. The number of hydrogen-bond acceptors (Lipinski definition) is 5. The van der Waals surface area contributed by atoms with Crippen molar-refractivity contribution in [2.24, 2.45) is 0 Å². The second-order valence-corrected chi connectivity index (χ2v) is 11.0. The minimum Gasteiger partial charge on any atom is -0.294 e. The smallest absolute Gasteiger partial charge is 0.294 e. The molecule has 1 fully saturated rings. The number of nitrogens with one attached hydrogen (secondary N) is 1. The molecule has 32 heavy (non-hydrogen) atoms. The van der Waals surface area contributed by atoms with Crippen LogP contribution in [-0.2, 0) is 9.73 Å². The Morgan fingerprint density at radius 1 is 1.06 bits per heavy atom. The fraction of sp³-hybridized carbons (Fsp3) is 0.273. The number of rotatable bonds is 4. The normalized spacial score (nSPS) is 16.7. The highest BCUT2D eigenvalue weighted by Gasteiger charge is 2.29. The molecule has 6 nitrogen and oxygen atoms in total. The summed E-state index contributed by atoms with van der Waals surface area (Å²) < 4.78 is 48.1. The number of carbonyl (C=O) groups is 1. The molecule has 0 saturated carbocycles. The van der Waals surface area contributed by atoms with E-state index in [0.717, 1.165) is 42.4 Å². The van der Waals surface area contributed by atoms with Gasteiger partial charge >= 0.3 is 6.03 Å². The van der Waals surface area contributed by atoms with Gasteiger partial charge in [-0.1, -0.05) is 23.5 Å². The summed E-state index contributed by atoms with van der Waals surface area (Å²) in [5.74, 6) is -1.04. The Balaban J connectivity index is 1.64. The average Bonchev–Trinajstić information content (AvgIpc) is 3.03. The highest BCUT2D eigenvalue weighted by molar-refractivity contribution is 7.93. The molecular weight excluding hydrogens is 454 g/mol. The van der Waals surface area contributed by atoms with E-state index in [1.54, 1.807) is 41.0 Å². The molecule has 0 aliphatic carbocycles. The Hall–Kier alpha value is -2.85. The standard InChI is InChI=1S/C22H22F2N4O2S2/c1-14-20(32(2,25)30)31-21(26-14)28-12-4-3-11-27(22(28)29)17-8-5-15(6-9-17)18-13-16(23)7-10-19(18)24/h5-10,13,25H,3-4,11-12H2,1-2H3. The van der Waals surface area contributed by atoms with Gasteiger partial charge in [0.15, 0.2) is 5.13 Å². The first kappa shape index (κ1) is 22.3. The van der Waals surface area contributed by atoms with Crippen LogP contribution >= 0.6 is 11.3 Å². The number of thiazole rings is 1. The lowest BCUT2D eigenvalue weighted by Crippen LogP contribution is -2.42. The van der Waals surface area contributed by atoms with E-state index in [2.05, 4.69) is 4.98 Å². The van der Waals surface area contributed by atoms with Gasteiger partial charge in [-0.2, -0.15) is 0 Å². The van der Waals surface area contributed by atoms with Crippen molar-refractivity contribution in [2.75, 3.05) is 29.1 Å². The van der Waals surface area contributed by atoms with Gasteiger partial charge in [0, 0.05) is 30.6 Å². The van der Waals surface area contributed by atoms with Crippen molar-refractivity contribution in [1.29, 1.82) is 4.78 Å². The lowest BCUT2D eigenvalue weighted by atomic mass is 10.0. The van der Waals surface area contributed by atoms with Gasteiger partial charge in [-0.25, -0.2) is 27.5 Å². The molecule has 1 aromatic heterocycles. The molecule has 1 unspecified atom stereocenters. The van der Waals surface area contributed by atoms with Gasteiger partial charge < -0.3 is 0 Å². The van der Waals surface area contributed by atoms with E-state index < -0.39 is 21.4 Å². The van der Waals surface area contributed by atoms with E-state index in [-0.39, 0.29) is 11.6 Å². The van der Waals surface area contributed by atoms with E-state index in [0.29, 0.717) is 39.4 Å². The summed E-state index contributed by atoms with van der Waals surface area (Å²) in [4.78, 5) is 21.0. The molecule has 4 rings (SSSR count). The molecular formula is C22H22F2N4O2S2. The van der Waals surface area contributed by atoms with Crippen LogP contribution in [-0.4, -0.2) is 34.6 Å². The molecule has 1 saturated heterocycles. The predicted molar refractivity (Wildman–Crippen MR) is 123 cm³/mol. The molecule has 1 atom stereocenters. The van der Waals surface area contributed by atoms with Crippen molar-refractivity contribution in [3.05, 3.63) is 59.8 Å². The number of carbonyl (C=O) groups excluding carboxylic acids is 1. The largest absolute Gasteiger partial charge is 0.330 e. The Kier molecular flexibility index (Phi) is 6.00. The van der Waals surface area contributed by atoms with Gasteiger partial charge in [-0.3, -0.25) is 9.80 Å². The first-order valence-corrected chi connectivity index (χ1v) is 12.8. The number of halogens is 2. The summed E-state index contributed by atoms with van der Waals surface area (Å²) in [6, 6.07) is 9.78. The molecule has 1 aliphatic rings. The van der Waals surface area contributed by atoms with Crippen LogP contribution in [0.5, 0.6) is 0 Å². The molecule has 0 bridgehead atoms. The third kappa shape index (κ3) is 4.37. The minimum atomic E-state index is -2.93. The molecule has 168 valence electrons. The summed E-state index contributed by atoms with van der Waals surface area (Å²) >= 11 is 1.11. The molecule has 1 N–H and O–H groups in total. The zero-order chi connectivity index (χ0) is 23.0. The van der Waals surface area contributed by atoms with Crippen LogP contribution in [0.3, 0.4) is 0 Å². The van der Waals surface area contributed by atoms with Crippen LogP contribution in [0.2, 0.25) is 0 Å². The lowest BCUT2D eigenvalue weighted by molar-refractivity contribution is 0.252. The zero-order valence-corrected chi connectivity index (χ0v) is 19.2. The first-order chi connectivity index (χ1) is 15.1. The Bertz CT molecular complexity index is 1270. The quantitative estimate of drug-likeness (QED) is 0.528. The summed E-state index contributed by atoms with van der Waals surface area (Å²) in [5, 5.41) is 0.426. The number of urea groups is 1. The maximum atomic E-state index is 14.1. The molecule has 2 aromatic carbocycles. The van der Waals surface area contributed by atoms with E-state index >= 15 is 0 Å². The number of anilines is 2. The second kappa shape index (κ2) is 8.59. The molecule has 0 radical (unpaired) electrons. The number of hydrogen-bond donors (Lipinski definition) is 1. The maximum Gasteiger partial charge on any atom is 0.330 e. The van der Waals surface area contributed by atoms with Crippen LogP contribution in [0, 0.1) is 23.3 Å². The summed E-state index contributed by atoms with van der Waals surface area (Å²) in [5.41, 5.74) is 1.80. The van der Waals surface area contributed by atoms with Gasteiger partial charge in [-0.05, 0) is 55.7 Å². The number of benzene rings is 2. The lowest BCUT2D eigenvalue weighted by Gasteiger charge is -2.26. The van der Waals surface area contributed by atoms with Crippen LogP contribution in [0.1, 0.15) is 18.5 Å². The number of nitrogens with zero attached hydrogens (tertiary/aromatic N) is 3. The third-order valence-corrected chi connectivity index (χ3v) is 8.40. The van der Waals surface area contributed by atoms with E-state index in [9.17, 15) is 17.8 Å². The van der Waals surface area contributed by atoms with Crippen molar-refractivity contribution in [3.63, 3.8) is 0 Å². The fourth-order valence-corrected chi connectivity index (χ4v) is 5.97. The van der Waals surface area contributed by atoms with Crippen molar-refractivity contribution in [3.8, 4) is 11.1 Å². The van der Waals surface area contributed by atoms with Gasteiger partial charge in [0.1, 0.15) is 15.8 Å². The van der Waals surface area contributed by atoms with Crippen molar-refractivity contribution < 1.29 is 17.8 Å². The van der Waals surface area contributed by atoms with Crippen LogP contribution in [0.15, 0.2) is 46.7 Å². The highest BCUT2D eigenvalue weighted by atomic mass is 32.2. The van der Waals surface area contributed by atoms with Gasteiger partial charge in [0.2, 0.25) is 0 Å². The molecule has 10 heteroatoms. The topological polar surface area (TPSA) is 77.4 Å². The predicted octanol–water partition coefficient (Wildman–Crippen LogP) is 5.66.